The Kier molecular flexibility index (Phi) is 6.60. The van der Waals surface area contributed by atoms with Gasteiger partial charge in [-0.25, -0.2) is 4.39 Å². The molecule has 0 atom stereocenters. The van der Waals surface area contributed by atoms with Crippen molar-refractivity contribution in [3.8, 4) is 0 Å². The van der Waals surface area contributed by atoms with Gasteiger partial charge in [-0.3, -0.25) is 4.79 Å². The number of nitrogens with zero attached hydrogens (tertiary/aromatic N) is 1. The Hall–Kier alpha value is -0.610. The Morgan fingerprint density at radius 3 is 2.25 bits per heavy atom. The van der Waals surface area contributed by atoms with Gasteiger partial charge in [-0.05, 0) is 28.1 Å². The van der Waals surface area contributed by atoms with E-state index in [1.54, 1.807) is 14.1 Å². The van der Waals surface area contributed by atoms with Gasteiger partial charge < -0.3 is 4.90 Å². The molecule has 1 aromatic carbocycles. The number of halogens is 3. The van der Waals surface area contributed by atoms with Gasteiger partial charge in [0, 0.05) is 19.7 Å². The zero-order valence-corrected chi connectivity index (χ0v) is 12.0. The van der Waals surface area contributed by atoms with E-state index in [0.717, 1.165) is 6.07 Å². The molecule has 0 saturated carbocycles. The largest absolute Gasteiger partial charge is 0.345 e. The van der Waals surface area contributed by atoms with Crippen molar-refractivity contribution in [3.63, 3.8) is 0 Å². The van der Waals surface area contributed by atoms with Gasteiger partial charge in [0.1, 0.15) is 5.82 Å². The summed E-state index contributed by atoms with van der Waals surface area (Å²) >= 11 is 8.68. The van der Waals surface area contributed by atoms with Gasteiger partial charge >= 0.3 is 0 Å². The molecule has 0 unspecified atom stereocenters. The maximum absolute atomic E-state index is 13.2. The standard InChI is InChI=1S/C9H8BrClFNO.C2H6/c1-13(2)9(14)5-3-6(11)8(10)7(12)4-5;1-2/h3-4H,1-2H3;1-2H3. The average molecular weight is 311 g/mol. The first-order valence-corrected chi connectivity index (χ1v) is 5.96. The molecule has 5 heteroatoms. The number of hydrogen-bond donors (Lipinski definition) is 0. The van der Waals surface area contributed by atoms with Gasteiger partial charge in [0.15, 0.2) is 0 Å². The Balaban J connectivity index is 0.00000106. The molecule has 0 radical (unpaired) electrons. The second-order valence-corrected chi connectivity index (χ2v) is 4.15. The lowest BCUT2D eigenvalue weighted by Crippen LogP contribution is -2.21. The van der Waals surface area contributed by atoms with E-state index in [4.69, 9.17) is 11.6 Å². The summed E-state index contributed by atoms with van der Waals surface area (Å²) in [6.07, 6.45) is 0. The second-order valence-electron chi connectivity index (χ2n) is 2.95. The molecule has 0 fully saturated rings. The van der Waals surface area contributed by atoms with Crippen molar-refractivity contribution in [2.75, 3.05) is 14.1 Å². The summed E-state index contributed by atoms with van der Waals surface area (Å²) in [4.78, 5) is 12.8. The molecule has 0 aliphatic carbocycles. The molecule has 16 heavy (non-hydrogen) atoms. The summed E-state index contributed by atoms with van der Waals surface area (Å²) in [7, 11) is 3.19. The molecule has 0 spiro atoms. The molecule has 0 aliphatic rings. The van der Waals surface area contributed by atoms with Crippen LogP contribution in [0.1, 0.15) is 24.2 Å². The van der Waals surface area contributed by atoms with Crippen LogP contribution in [0.25, 0.3) is 0 Å². The average Bonchev–Trinajstić information content (AvgIpc) is 2.26. The van der Waals surface area contributed by atoms with Crippen LogP contribution < -0.4 is 0 Å². The first-order valence-electron chi connectivity index (χ1n) is 4.79. The van der Waals surface area contributed by atoms with Crippen LogP contribution in [0.15, 0.2) is 16.6 Å². The van der Waals surface area contributed by atoms with Crippen molar-refractivity contribution in [1.82, 2.24) is 4.90 Å². The minimum atomic E-state index is -0.539. The number of carbonyl (C=O) groups excluding carboxylic acids is 1. The van der Waals surface area contributed by atoms with Crippen LogP contribution in [0.4, 0.5) is 4.39 Å². The second kappa shape index (κ2) is 6.86. The third-order valence-corrected chi connectivity index (χ3v) is 2.97. The van der Waals surface area contributed by atoms with E-state index in [9.17, 15) is 9.18 Å². The summed E-state index contributed by atoms with van der Waals surface area (Å²) in [5, 5.41) is 0.190. The highest BCUT2D eigenvalue weighted by molar-refractivity contribution is 9.10. The van der Waals surface area contributed by atoms with Gasteiger partial charge in [0.05, 0.1) is 9.50 Å². The zero-order valence-electron chi connectivity index (χ0n) is 9.64. The summed E-state index contributed by atoms with van der Waals surface area (Å²) in [5.74, 6) is -0.819. The lowest BCUT2D eigenvalue weighted by Gasteiger charge is -2.10. The third kappa shape index (κ3) is 3.76. The van der Waals surface area contributed by atoms with E-state index in [2.05, 4.69) is 15.9 Å². The Morgan fingerprint density at radius 1 is 1.38 bits per heavy atom. The fourth-order valence-electron chi connectivity index (χ4n) is 0.937. The van der Waals surface area contributed by atoms with E-state index in [1.165, 1.54) is 11.0 Å². The molecule has 90 valence electrons. The van der Waals surface area contributed by atoms with Gasteiger partial charge in [-0.15, -0.1) is 0 Å². The first kappa shape index (κ1) is 15.4. The Labute approximate surface area is 109 Å². The molecule has 0 aromatic heterocycles. The lowest BCUT2D eigenvalue weighted by molar-refractivity contribution is 0.0827. The van der Waals surface area contributed by atoms with Crippen molar-refractivity contribution < 1.29 is 9.18 Å². The minimum absolute atomic E-state index is 0.175. The molecular formula is C11H14BrClFNO. The first-order chi connectivity index (χ1) is 7.43. The number of hydrogen-bond acceptors (Lipinski definition) is 1. The maximum Gasteiger partial charge on any atom is 0.253 e. The molecule has 1 rings (SSSR count). The number of benzene rings is 1. The van der Waals surface area contributed by atoms with Gasteiger partial charge in [-0.1, -0.05) is 25.4 Å². The normalized spacial score (nSPS) is 9.19. The van der Waals surface area contributed by atoms with Gasteiger partial charge in [0.25, 0.3) is 5.91 Å². The highest BCUT2D eigenvalue weighted by atomic mass is 79.9. The molecule has 0 saturated heterocycles. The van der Waals surface area contributed by atoms with E-state index in [1.807, 2.05) is 13.8 Å². The van der Waals surface area contributed by atoms with Crippen LogP contribution in [-0.4, -0.2) is 24.9 Å². The molecule has 1 amide bonds. The van der Waals surface area contributed by atoms with Crippen molar-refractivity contribution in [2.45, 2.75) is 13.8 Å². The maximum atomic E-state index is 13.2. The van der Waals surface area contributed by atoms with Crippen LogP contribution >= 0.6 is 27.5 Å². The third-order valence-electron chi connectivity index (χ3n) is 1.64. The van der Waals surface area contributed by atoms with E-state index >= 15 is 0 Å². The lowest BCUT2D eigenvalue weighted by atomic mass is 10.2. The fourth-order valence-corrected chi connectivity index (χ4v) is 1.37. The summed E-state index contributed by atoms with van der Waals surface area (Å²) in [6.45, 7) is 4.00. The van der Waals surface area contributed by atoms with E-state index in [-0.39, 0.29) is 21.0 Å². The van der Waals surface area contributed by atoms with Crippen molar-refractivity contribution in [3.05, 3.63) is 33.0 Å². The summed E-state index contributed by atoms with van der Waals surface area (Å²) in [6, 6.07) is 2.58. The van der Waals surface area contributed by atoms with Crippen LogP contribution in [0.2, 0.25) is 5.02 Å². The predicted octanol–water partition coefficient (Wildman–Crippen LogP) is 3.97. The SMILES string of the molecule is CC.CN(C)C(=O)c1cc(F)c(Br)c(Cl)c1. The number of carbonyl (C=O) groups is 1. The highest BCUT2D eigenvalue weighted by Crippen LogP contribution is 2.27. The molecular weight excluding hydrogens is 296 g/mol. The van der Waals surface area contributed by atoms with Crippen LogP contribution in [0, 0.1) is 5.82 Å². The van der Waals surface area contributed by atoms with Gasteiger partial charge in [-0.2, -0.15) is 0 Å². The molecule has 2 nitrogen and oxygen atoms in total. The Bertz CT molecular complexity index is 359. The summed E-state index contributed by atoms with van der Waals surface area (Å²) in [5.41, 5.74) is 0.237. The van der Waals surface area contributed by atoms with Gasteiger partial charge in [0.2, 0.25) is 0 Å². The number of amides is 1. The molecule has 0 N–H and O–H groups in total. The van der Waals surface area contributed by atoms with Crippen molar-refractivity contribution in [2.24, 2.45) is 0 Å². The topological polar surface area (TPSA) is 20.3 Å². The minimum Gasteiger partial charge on any atom is -0.345 e. The predicted molar refractivity (Wildman–Crippen MR) is 68.5 cm³/mol. The Morgan fingerprint density at radius 2 is 1.88 bits per heavy atom. The fraction of sp³-hybridized carbons (Fsp3) is 0.364. The van der Waals surface area contributed by atoms with Crippen molar-refractivity contribution in [1.29, 1.82) is 0 Å². The molecule has 1 aromatic rings. The smallest absolute Gasteiger partial charge is 0.253 e. The number of rotatable bonds is 1. The van der Waals surface area contributed by atoms with Crippen LogP contribution in [0.5, 0.6) is 0 Å². The molecule has 0 heterocycles. The molecule has 0 bridgehead atoms. The van der Waals surface area contributed by atoms with Crippen molar-refractivity contribution >= 4 is 33.4 Å². The monoisotopic (exact) mass is 309 g/mol. The molecule has 0 aliphatic heterocycles. The van der Waals surface area contributed by atoms with E-state index < -0.39 is 5.82 Å². The quantitative estimate of drug-likeness (QED) is 0.719. The van der Waals surface area contributed by atoms with Crippen LogP contribution in [-0.2, 0) is 0 Å². The van der Waals surface area contributed by atoms with Crippen LogP contribution in [0.3, 0.4) is 0 Å². The van der Waals surface area contributed by atoms with E-state index in [0.29, 0.717) is 0 Å². The highest BCUT2D eigenvalue weighted by Gasteiger charge is 2.13. The summed E-state index contributed by atoms with van der Waals surface area (Å²) < 4.78 is 13.3. The zero-order chi connectivity index (χ0) is 12.9.